The summed E-state index contributed by atoms with van der Waals surface area (Å²) in [6, 6.07) is 0. The molecule has 6 saturated carbocycles. The van der Waals surface area contributed by atoms with Gasteiger partial charge in [0.15, 0.2) is 0 Å². The van der Waals surface area contributed by atoms with E-state index in [1.165, 1.54) is 83.3 Å². The van der Waals surface area contributed by atoms with Crippen LogP contribution in [-0.4, -0.2) is 30.4 Å². The van der Waals surface area contributed by atoms with Crippen LogP contribution >= 0.6 is 0 Å². The lowest BCUT2D eigenvalue weighted by atomic mass is 9.91. The molecule has 0 spiro atoms. The Kier molecular flexibility index (Phi) is 8.98. The third-order valence-electron chi connectivity index (χ3n) is 8.31. The number of hydrogen-bond donors (Lipinski definition) is 0. The predicted molar refractivity (Wildman–Crippen MR) is 130 cm³/mol. The predicted octanol–water partition coefficient (Wildman–Crippen LogP) is 5.72. The lowest BCUT2D eigenvalue weighted by Gasteiger charge is -2.14. The van der Waals surface area contributed by atoms with Gasteiger partial charge in [0.2, 0.25) is 0 Å². The van der Waals surface area contributed by atoms with Gasteiger partial charge in [0.05, 0.1) is 6.61 Å². The highest BCUT2D eigenvalue weighted by molar-refractivity contribution is 5.95. The number of aldehydes is 1. The molecule has 0 N–H and O–H groups in total. The van der Waals surface area contributed by atoms with E-state index in [9.17, 15) is 19.2 Å². The monoisotopic (exact) mass is 472 g/mol. The molecule has 6 aliphatic rings. The molecule has 6 fully saturated rings. The van der Waals surface area contributed by atoms with Gasteiger partial charge in [0, 0.05) is 24.2 Å². The molecule has 0 amide bonds. The van der Waals surface area contributed by atoms with Gasteiger partial charge in [-0.15, -0.1) is 0 Å². The Bertz CT molecular complexity index is 683. The van der Waals surface area contributed by atoms with Crippen molar-refractivity contribution in [2.75, 3.05) is 6.61 Å². The van der Waals surface area contributed by atoms with Crippen LogP contribution in [0.5, 0.6) is 0 Å². The van der Waals surface area contributed by atoms with Crippen LogP contribution in [0.3, 0.4) is 0 Å². The number of carbonyl (C=O) groups is 4. The molecule has 0 aliphatic heterocycles. The Morgan fingerprint density at radius 2 is 1.24 bits per heavy atom. The van der Waals surface area contributed by atoms with Gasteiger partial charge in [-0.05, 0) is 120 Å². The Morgan fingerprint density at radius 1 is 0.765 bits per heavy atom. The second-order valence-electron chi connectivity index (χ2n) is 11.7. The van der Waals surface area contributed by atoms with Crippen LogP contribution < -0.4 is 0 Å². The largest absolute Gasteiger partial charge is 0.466 e. The van der Waals surface area contributed by atoms with E-state index in [0.717, 1.165) is 36.0 Å². The van der Waals surface area contributed by atoms with Crippen molar-refractivity contribution in [3.63, 3.8) is 0 Å². The maximum Gasteiger partial charge on any atom is 0.313 e. The first-order valence-electron chi connectivity index (χ1n) is 14.2. The summed E-state index contributed by atoms with van der Waals surface area (Å²) in [6.45, 7) is 2.12. The van der Waals surface area contributed by atoms with Gasteiger partial charge >= 0.3 is 5.97 Å². The number of ketones is 2. The second kappa shape index (κ2) is 11.9. The van der Waals surface area contributed by atoms with Crippen molar-refractivity contribution < 1.29 is 23.9 Å². The number of esters is 1. The smallest absolute Gasteiger partial charge is 0.313 e. The third-order valence-corrected chi connectivity index (χ3v) is 8.31. The Balaban J connectivity index is 0.000000134. The molecule has 6 rings (SSSR count). The van der Waals surface area contributed by atoms with Gasteiger partial charge in [-0.1, -0.05) is 0 Å². The molecule has 0 bridgehead atoms. The number of ether oxygens (including phenoxy) is 1. The molecule has 0 radical (unpaired) electrons. The van der Waals surface area contributed by atoms with Gasteiger partial charge in [0.1, 0.15) is 24.3 Å². The molecule has 34 heavy (non-hydrogen) atoms. The van der Waals surface area contributed by atoms with Crippen LogP contribution in [0.25, 0.3) is 0 Å². The summed E-state index contributed by atoms with van der Waals surface area (Å²) >= 11 is 0. The summed E-state index contributed by atoms with van der Waals surface area (Å²) < 4.78 is 4.78. The van der Waals surface area contributed by atoms with Gasteiger partial charge in [-0.3, -0.25) is 14.4 Å². The Hall–Kier alpha value is -1.52. The summed E-state index contributed by atoms with van der Waals surface area (Å²) in [5, 5.41) is 0. The number of hydrogen-bond acceptors (Lipinski definition) is 5. The van der Waals surface area contributed by atoms with Crippen LogP contribution in [0, 0.1) is 47.3 Å². The van der Waals surface area contributed by atoms with E-state index >= 15 is 0 Å². The summed E-state index contributed by atoms with van der Waals surface area (Å²) in [5.41, 5.74) is 0. The van der Waals surface area contributed by atoms with Crippen molar-refractivity contribution in [2.45, 2.75) is 103 Å². The molecule has 6 aliphatic carbocycles. The zero-order valence-corrected chi connectivity index (χ0v) is 21.1. The van der Waals surface area contributed by atoms with E-state index in [1.54, 1.807) is 6.92 Å². The second-order valence-corrected chi connectivity index (χ2v) is 11.7. The first-order valence-corrected chi connectivity index (χ1v) is 14.2. The molecular weight excluding hydrogens is 428 g/mol. The van der Waals surface area contributed by atoms with Crippen molar-refractivity contribution in [3.05, 3.63) is 0 Å². The molecule has 0 saturated heterocycles. The van der Waals surface area contributed by atoms with Crippen LogP contribution in [0.1, 0.15) is 103 Å². The van der Waals surface area contributed by atoms with Gasteiger partial charge in [-0.2, -0.15) is 0 Å². The van der Waals surface area contributed by atoms with Crippen molar-refractivity contribution >= 4 is 23.8 Å². The summed E-state index contributed by atoms with van der Waals surface area (Å²) in [6.07, 6.45) is 18.2. The van der Waals surface area contributed by atoms with E-state index in [4.69, 9.17) is 4.74 Å². The summed E-state index contributed by atoms with van der Waals surface area (Å²) in [4.78, 5) is 44.2. The first-order chi connectivity index (χ1) is 16.5. The maximum atomic E-state index is 11.6. The fraction of sp³-hybridized carbons (Fsp3) is 0.862. The van der Waals surface area contributed by atoms with Gasteiger partial charge in [0.25, 0.3) is 0 Å². The molecule has 190 valence electrons. The quantitative estimate of drug-likeness (QED) is 0.195. The SMILES string of the molecule is CCOC(=O)CC(=O)CCC(C1CC1)C1CC1.O=C(C1CC1)C1CC1.O=CC(C1CC1)C1CC1. The third kappa shape index (κ3) is 8.92. The molecule has 0 unspecified atom stereocenters. The summed E-state index contributed by atoms with van der Waals surface area (Å²) in [5.74, 6) is 5.89. The fourth-order valence-electron chi connectivity index (χ4n) is 5.33. The van der Waals surface area contributed by atoms with Gasteiger partial charge < -0.3 is 9.53 Å². The molecular formula is C29H44O5. The van der Waals surface area contributed by atoms with Crippen LogP contribution in [-0.2, 0) is 23.9 Å². The minimum Gasteiger partial charge on any atom is -0.466 e. The highest BCUT2D eigenvalue weighted by Crippen LogP contribution is 2.51. The van der Waals surface area contributed by atoms with Gasteiger partial charge in [-0.25, -0.2) is 0 Å². The summed E-state index contributed by atoms with van der Waals surface area (Å²) in [7, 11) is 0. The molecule has 0 heterocycles. The molecule has 0 atom stereocenters. The Labute approximate surface area is 205 Å². The number of rotatable bonds is 13. The van der Waals surface area contributed by atoms with Crippen molar-refractivity contribution in [3.8, 4) is 0 Å². The highest BCUT2D eigenvalue weighted by atomic mass is 16.5. The van der Waals surface area contributed by atoms with Crippen molar-refractivity contribution in [1.29, 1.82) is 0 Å². The van der Waals surface area contributed by atoms with Crippen molar-refractivity contribution in [2.24, 2.45) is 47.3 Å². The molecule has 0 aromatic carbocycles. The van der Waals surface area contributed by atoms with Crippen LogP contribution in [0.4, 0.5) is 0 Å². The van der Waals surface area contributed by atoms with E-state index in [-0.39, 0.29) is 18.2 Å². The van der Waals surface area contributed by atoms with E-state index in [2.05, 4.69) is 0 Å². The number of Topliss-reactive ketones (excluding diaryl/α,β-unsaturated/α-hetero) is 2. The molecule has 0 aromatic heterocycles. The van der Waals surface area contributed by atoms with E-state index in [1.807, 2.05) is 0 Å². The highest BCUT2D eigenvalue weighted by Gasteiger charge is 2.42. The van der Waals surface area contributed by atoms with E-state index < -0.39 is 0 Å². The lowest BCUT2D eigenvalue weighted by molar-refractivity contribution is -0.145. The average molecular weight is 473 g/mol. The minimum absolute atomic E-state index is 0.0319. The average Bonchev–Trinajstić information content (AvgIpc) is 3.59. The topological polar surface area (TPSA) is 77.5 Å². The standard InChI is InChI=1S/C14H22O3.C8H12O.C7H10O/c1-2-17-14(16)9-12(15)7-8-13(10-3-4-10)11-5-6-11;9-5-8(6-1-2-6)7-3-4-7;8-7(5-1-2-5)6-3-4-6/h10-11,13H,2-9H2,1H3;5-8H,1-4H2;5-6H,1-4H2. The maximum absolute atomic E-state index is 11.6. The number of carbonyl (C=O) groups excluding carboxylic acids is 4. The first kappa shape index (κ1) is 25.6. The Morgan fingerprint density at radius 3 is 1.59 bits per heavy atom. The van der Waals surface area contributed by atoms with Crippen LogP contribution in [0.15, 0.2) is 0 Å². The van der Waals surface area contributed by atoms with Crippen molar-refractivity contribution in [1.82, 2.24) is 0 Å². The zero-order chi connectivity index (χ0) is 24.1. The zero-order valence-electron chi connectivity index (χ0n) is 21.1. The lowest BCUT2D eigenvalue weighted by Crippen LogP contribution is -2.14. The minimum atomic E-state index is -0.369. The normalized spacial score (nSPS) is 23.4. The van der Waals surface area contributed by atoms with Crippen LogP contribution in [0.2, 0.25) is 0 Å². The molecule has 0 aromatic rings. The fourth-order valence-corrected chi connectivity index (χ4v) is 5.33. The molecule has 5 heteroatoms. The van der Waals surface area contributed by atoms with E-state index in [0.29, 0.717) is 36.6 Å². The molecule has 5 nitrogen and oxygen atoms in total.